The molecule has 1 fully saturated rings. The van der Waals surface area contributed by atoms with E-state index in [2.05, 4.69) is 25.3 Å². The van der Waals surface area contributed by atoms with Crippen LogP contribution in [0.4, 0.5) is 19.0 Å². The van der Waals surface area contributed by atoms with Crippen LogP contribution in [0.1, 0.15) is 41.9 Å². The summed E-state index contributed by atoms with van der Waals surface area (Å²) in [5, 5.41) is 7.76. The minimum absolute atomic E-state index is 0.120. The van der Waals surface area contributed by atoms with Gasteiger partial charge >= 0.3 is 6.18 Å². The van der Waals surface area contributed by atoms with Crippen molar-refractivity contribution in [1.29, 1.82) is 0 Å². The average molecular weight is 380 g/mol. The van der Waals surface area contributed by atoms with E-state index in [0.717, 1.165) is 57.7 Å². The van der Waals surface area contributed by atoms with E-state index in [4.69, 9.17) is 0 Å². The SMILES string of the molecule is Cn1nc2c(c1CN1CCC(Nc3cc(C(F)(F)F)ncn3)CC1)CCC2. The van der Waals surface area contributed by atoms with Crippen LogP contribution in [0.3, 0.4) is 0 Å². The summed E-state index contributed by atoms with van der Waals surface area (Å²) in [6, 6.07) is 1.10. The van der Waals surface area contributed by atoms with Crippen molar-refractivity contribution in [3.8, 4) is 0 Å². The monoisotopic (exact) mass is 380 g/mol. The number of hydrogen-bond acceptors (Lipinski definition) is 5. The second kappa shape index (κ2) is 7.10. The number of rotatable bonds is 4. The van der Waals surface area contributed by atoms with Gasteiger partial charge in [-0.05, 0) is 37.7 Å². The molecule has 1 aliphatic carbocycles. The highest BCUT2D eigenvalue weighted by Crippen LogP contribution is 2.29. The summed E-state index contributed by atoms with van der Waals surface area (Å²) in [6.07, 6.45) is 1.63. The van der Waals surface area contributed by atoms with Crippen LogP contribution in [0.5, 0.6) is 0 Å². The number of alkyl halides is 3. The van der Waals surface area contributed by atoms with Crippen molar-refractivity contribution in [1.82, 2.24) is 24.6 Å². The number of hydrogen-bond donors (Lipinski definition) is 1. The maximum atomic E-state index is 12.8. The van der Waals surface area contributed by atoms with Crippen LogP contribution in [0.15, 0.2) is 12.4 Å². The van der Waals surface area contributed by atoms with Gasteiger partial charge in [-0.15, -0.1) is 0 Å². The van der Waals surface area contributed by atoms with E-state index < -0.39 is 11.9 Å². The van der Waals surface area contributed by atoms with Crippen LogP contribution in [0.25, 0.3) is 0 Å². The van der Waals surface area contributed by atoms with Crippen molar-refractivity contribution in [3.63, 3.8) is 0 Å². The van der Waals surface area contributed by atoms with Gasteiger partial charge in [-0.3, -0.25) is 9.58 Å². The molecule has 0 atom stereocenters. The van der Waals surface area contributed by atoms with Crippen molar-refractivity contribution in [2.24, 2.45) is 7.05 Å². The fourth-order valence-electron chi connectivity index (χ4n) is 4.03. The predicted molar refractivity (Wildman–Crippen MR) is 94.2 cm³/mol. The van der Waals surface area contributed by atoms with Crippen LogP contribution in [-0.2, 0) is 32.6 Å². The maximum absolute atomic E-state index is 12.8. The Balaban J connectivity index is 1.33. The van der Waals surface area contributed by atoms with Crippen LogP contribution in [-0.4, -0.2) is 43.8 Å². The molecule has 146 valence electrons. The number of halogens is 3. The molecule has 6 nitrogen and oxygen atoms in total. The van der Waals surface area contributed by atoms with Gasteiger partial charge in [-0.1, -0.05) is 0 Å². The van der Waals surface area contributed by atoms with E-state index in [0.29, 0.717) is 0 Å². The third-order valence-electron chi connectivity index (χ3n) is 5.47. The van der Waals surface area contributed by atoms with Crippen LogP contribution in [0.2, 0.25) is 0 Å². The molecule has 27 heavy (non-hydrogen) atoms. The Hall–Kier alpha value is -2.16. The Morgan fingerprint density at radius 1 is 1.19 bits per heavy atom. The van der Waals surface area contributed by atoms with Gasteiger partial charge in [-0.2, -0.15) is 18.3 Å². The van der Waals surface area contributed by atoms with Crippen LogP contribution >= 0.6 is 0 Å². The average Bonchev–Trinajstić information content (AvgIpc) is 3.18. The normalized spacial score (nSPS) is 18.7. The Morgan fingerprint density at radius 3 is 2.70 bits per heavy atom. The molecule has 0 aromatic carbocycles. The van der Waals surface area contributed by atoms with Crippen molar-refractivity contribution in [2.75, 3.05) is 18.4 Å². The first-order valence-corrected chi connectivity index (χ1v) is 9.32. The second-order valence-corrected chi connectivity index (χ2v) is 7.33. The van der Waals surface area contributed by atoms with E-state index in [9.17, 15) is 13.2 Å². The van der Waals surface area contributed by atoms with Crippen LogP contribution in [0, 0.1) is 0 Å². The molecule has 4 rings (SSSR count). The van der Waals surface area contributed by atoms with Gasteiger partial charge in [0.15, 0.2) is 0 Å². The molecular weight excluding hydrogens is 357 g/mol. The third-order valence-corrected chi connectivity index (χ3v) is 5.47. The van der Waals surface area contributed by atoms with E-state index in [-0.39, 0.29) is 11.9 Å². The van der Waals surface area contributed by atoms with Crippen molar-refractivity contribution >= 4 is 5.82 Å². The predicted octanol–water partition coefficient (Wildman–Crippen LogP) is 2.79. The number of piperidine rings is 1. The number of anilines is 1. The Labute approximate surface area is 155 Å². The number of likely N-dealkylation sites (tertiary alicyclic amines) is 1. The van der Waals surface area contributed by atoms with Gasteiger partial charge in [0.2, 0.25) is 0 Å². The molecule has 1 saturated heterocycles. The lowest BCUT2D eigenvalue weighted by atomic mass is 10.0. The van der Waals surface area contributed by atoms with Gasteiger partial charge in [0.05, 0.1) is 11.4 Å². The molecule has 1 aliphatic heterocycles. The van der Waals surface area contributed by atoms with E-state index in [1.807, 2.05) is 11.7 Å². The van der Waals surface area contributed by atoms with Gasteiger partial charge in [-0.25, -0.2) is 9.97 Å². The zero-order chi connectivity index (χ0) is 19.0. The number of nitrogens with one attached hydrogen (secondary N) is 1. The molecule has 2 aromatic heterocycles. The standard InChI is InChI=1S/C18H23F3N6/c1-26-15(13-3-2-4-14(13)25-26)10-27-7-5-12(6-8-27)24-17-9-16(18(19,20)21)22-11-23-17/h9,11-12H,2-8,10H2,1H3,(H,22,23,24). The molecule has 0 radical (unpaired) electrons. The summed E-state index contributed by atoms with van der Waals surface area (Å²) in [7, 11) is 2.01. The summed E-state index contributed by atoms with van der Waals surface area (Å²) in [6.45, 7) is 2.68. The molecule has 0 unspecified atom stereocenters. The lowest BCUT2D eigenvalue weighted by molar-refractivity contribution is -0.141. The molecule has 1 N–H and O–H groups in total. The largest absolute Gasteiger partial charge is 0.433 e. The second-order valence-electron chi connectivity index (χ2n) is 7.33. The Kier molecular flexibility index (Phi) is 4.79. The number of nitrogens with zero attached hydrogens (tertiary/aromatic N) is 5. The van der Waals surface area contributed by atoms with Crippen molar-refractivity contribution in [2.45, 2.75) is 50.9 Å². The molecular formula is C18H23F3N6. The number of aromatic nitrogens is 4. The van der Waals surface area contributed by atoms with Crippen molar-refractivity contribution < 1.29 is 13.2 Å². The summed E-state index contributed by atoms with van der Waals surface area (Å²) >= 11 is 0. The first kappa shape index (κ1) is 18.2. The fraction of sp³-hybridized carbons (Fsp3) is 0.611. The number of fused-ring (bicyclic) bond motifs is 1. The molecule has 0 saturated carbocycles. The third kappa shape index (κ3) is 3.92. The molecule has 2 aliphatic rings. The zero-order valence-corrected chi connectivity index (χ0v) is 15.3. The molecule has 0 amide bonds. The first-order chi connectivity index (χ1) is 12.9. The lowest BCUT2D eigenvalue weighted by Gasteiger charge is -2.32. The highest BCUT2D eigenvalue weighted by molar-refractivity contribution is 5.37. The molecule has 0 bridgehead atoms. The highest BCUT2D eigenvalue weighted by atomic mass is 19.4. The molecule has 9 heteroatoms. The van der Waals surface area contributed by atoms with E-state index >= 15 is 0 Å². The number of aryl methyl sites for hydroxylation is 2. The highest BCUT2D eigenvalue weighted by Gasteiger charge is 2.33. The summed E-state index contributed by atoms with van der Waals surface area (Å²) in [4.78, 5) is 9.63. The van der Waals surface area contributed by atoms with Crippen LogP contribution < -0.4 is 5.32 Å². The topological polar surface area (TPSA) is 58.9 Å². The van der Waals surface area contributed by atoms with Gasteiger partial charge in [0.25, 0.3) is 0 Å². The summed E-state index contributed by atoms with van der Waals surface area (Å²) in [5.74, 6) is 0.236. The van der Waals surface area contributed by atoms with Gasteiger partial charge in [0, 0.05) is 38.8 Å². The van der Waals surface area contributed by atoms with E-state index in [1.54, 1.807) is 0 Å². The molecule has 3 heterocycles. The van der Waals surface area contributed by atoms with Gasteiger partial charge < -0.3 is 5.32 Å². The summed E-state index contributed by atoms with van der Waals surface area (Å²) in [5.41, 5.74) is 3.05. The fourth-order valence-corrected chi connectivity index (χ4v) is 4.03. The molecule has 2 aromatic rings. The minimum Gasteiger partial charge on any atom is -0.367 e. The quantitative estimate of drug-likeness (QED) is 0.884. The first-order valence-electron chi connectivity index (χ1n) is 9.32. The zero-order valence-electron chi connectivity index (χ0n) is 15.3. The van der Waals surface area contributed by atoms with E-state index in [1.165, 1.54) is 23.4 Å². The van der Waals surface area contributed by atoms with Gasteiger partial charge in [0.1, 0.15) is 17.8 Å². The summed E-state index contributed by atoms with van der Waals surface area (Å²) < 4.78 is 40.3. The minimum atomic E-state index is -4.45. The van der Waals surface area contributed by atoms with Crippen molar-refractivity contribution in [3.05, 3.63) is 35.0 Å². The Morgan fingerprint density at radius 2 is 1.96 bits per heavy atom. The maximum Gasteiger partial charge on any atom is 0.433 e. The lowest BCUT2D eigenvalue weighted by Crippen LogP contribution is -2.39. The smallest absolute Gasteiger partial charge is 0.367 e. The Bertz CT molecular complexity index is 808. The molecule has 0 spiro atoms.